The molecule has 1 aromatic rings. The Morgan fingerprint density at radius 2 is 2.33 bits per heavy atom. The maximum absolute atomic E-state index is 6.36. The van der Waals surface area contributed by atoms with Gasteiger partial charge in [0.2, 0.25) is 0 Å². The summed E-state index contributed by atoms with van der Waals surface area (Å²) in [5, 5.41) is 8.69. The summed E-state index contributed by atoms with van der Waals surface area (Å²) in [5.41, 5.74) is 1.18. The van der Waals surface area contributed by atoms with Gasteiger partial charge in [-0.15, -0.1) is 0 Å². The molecule has 0 saturated heterocycles. The zero-order chi connectivity index (χ0) is 13.1. The Morgan fingerprint density at radius 1 is 1.56 bits per heavy atom. The molecule has 3 atom stereocenters. The predicted octanol–water partition coefficient (Wildman–Crippen LogP) is 3.64. The number of nitrogens with one attached hydrogen (secondary N) is 1. The molecular weight excluding hydrogens is 246 g/mol. The number of rotatable bonds is 5. The molecule has 1 heterocycles. The second-order valence-electron chi connectivity index (χ2n) is 5.44. The molecule has 3 unspecified atom stereocenters. The Morgan fingerprint density at radius 3 is 2.89 bits per heavy atom. The standard InChI is InChI=1S/C14H24ClN3/c1-4-8-18-14(12(15)9-17-18)13(16-3)11-7-5-6-10(11)2/h9-11,13,16H,4-8H2,1-3H3. The first-order chi connectivity index (χ1) is 8.69. The third kappa shape index (κ3) is 2.57. The highest BCUT2D eigenvalue weighted by Crippen LogP contribution is 2.41. The monoisotopic (exact) mass is 269 g/mol. The van der Waals surface area contributed by atoms with Crippen molar-refractivity contribution < 1.29 is 0 Å². The smallest absolute Gasteiger partial charge is 0.0834 e. The van der Waals surface area contributed by atoms with Crippen molar-refractivity contribution in [3.8, 4) is 0 Å². The van der Waals surface area contributed by atoms with Crippen molar-refractivity contribution in [2.45, 2.75) is 52.1 Å². The Kier molecular flexibility index (Phi) is 4.68. The molecule has 2 rings (SSSR count). The molecule has 0 bridgehead atoms. The summed E-state index contributed by atoms with van der Waals surface area (Å²) in [6.45, 7) is 5.48. The molecule has 4 heteroatoms. The lowest BCUT2D eigenvalue weighted by atomic mass is 9.88. The van der Waals surface area contributed by atoms with Crippen molar-refractivity contribution in [2.75, 3.05) is 7.05 Å². The van der Waals surface area contributed by atoms with Gasteiger partial charge < -0.3 is 5.32 Å². The third-order valence-corrected chi connectivity index (χ3v) is 4.52. The van der Waals surface area contributed by atoms with Gasteiger partial charge >= 0.3 is 0 Å². The summed E-state index contributed by atoms with van der Waals surface area (Å²) in [6.07, 6.45) is 6.84. The van der Waals surface area contributed by atoms with E-state index in [1.165, 1.54) is 25.0 Å². The summed E-state index contributed by atoms with van der Waals surface area (Å²) >= 11 is 6.36. The SMILES string of the molecule is CCCn1ncc(Cl)c1C(NC)C1CCCC1C. The lowest BCUT2D eigenvalue weighted by Crippen LogP contribution is -2.29. The zero-order valence-electron chi connectivity index (χ0n) is 11.6. The highest BCUT2D eigenvalue weighted by molar-refractivity contribution is 6.31. The third-order valence-electron chi connectivity index (χ3n) is 4.23. The van der Waals surface area contributed by atoms with Gasteiger partial charge in [0.25, 0.3) is 0 Å². The highest BCUT2D eigenvalue weighted by Gasteiger charge is 2.33. The van der Waals surface area contributed by atoms with Crippen LogP contribution in [0.5, 0.6) is 0 Å². The molecule has 0 aliphatic heterocycles. The number of aryl methyl sites for hydroxylation is 1. The average molecular weight is 270 g/mol. The first-order valence-electron chi connectivity index (χ1n) is 7.07. The minimum absolute atomic E-state index is 0.337. The Hall–Kier alpha value is -0.540. The van der Waals surface area contributed by atoms with Crippen LogP contribution in [0.2, 0.25) is 5.02 Å². The van der Waals surface area contributed by atoms with Crippen LogP contribution < -0.4 is 5.32 Å². The molecule has 0 spiro atoms. The van der Waals surface area contributed by atoms with Crippen molar-refractivity contribution in [1.82, 2.24) is 15.1 Å². The molecule has 0 amide bonds. The molecule has 3 nitrogen and oxygen atoms in total. The molecule has 1 aliphatic rings. The lowest BCUT2D eigenvalue weighted by Gasteiger charge is -2.27. The summed E-state index contributed by atoms with van der Waals surface area (Å²) in [5.74, 6) is 1.45. The first-order valence-corrected chi connectivity index (χ1v) is 7.45. The molecule has 1 saturated carbocycles. The maximum atomic E-state index is 6.36. The Balaban J connectivity index is 2.28. The van der Waals surface area contributed by atoms with Gasteiger partial charge in [-0.1, -0.05) is 38.3 Å². The molecule has 18 heavy (non-hydrogen) atoms. The van der Waals surface area contributed by atoms with Crippen molar-refractivity contribution in [1.29, 1.82) is 0 Å². The van der Waals surface area contributed by atoms with Crippen LogP contribution in [0.3, 0.4) is 0 Å². The van der Waals surface area contributed by atoms with Crippen LogP contribution in [0.25, 0.3) is 0 Å². The topological polar surface area (TPSA) is 29.9 Å². The lowest BCUT2D eigenvalue weighted by molar-refractivity contribution is 0.300. The van der Waals surface area contributed by atoms with Crippen LogP contribution in [-0.4, -0.2) is 16.8 Å². The molecule has 0 aromatic carbocycles. The van der Waals surface area contributed by atoms with E-state index in [0.717, 1.165) is 23.9 Å². The van der Waals surface area contributed by atoms with Crippen molar-refractivity contribution >= 4 is 11.6 Å². The van der Waals surface area contributed by atoms with E-state index < -0.39 is 0 Å². The highest BCUT2D eigenvalue weighted by atomic mass is 35.5. The second kappa shape index (κ2) is 6.07. The largest absolute Gasteiger partial charge is 0.311 e. The van der Waals surface area contributed by atoms with E-state index >= 15 is 0 Å². The van der Waals surface area contributed by atoms with Crippen LogP contribution >= 0.6 is 11.6 Å². The fraction of sp³-hybridized carbons (Fsp3) is 0.786. The molecule has 1 aliphatic carbocycles. The summed E-state index contributed by atoms with van der Waals surface area (Å²) in [6, 6.07) is 0.337. The van der Waals surface area contributed by atoms with Crippen LogP contribution in [0.1, 0.15) is 51.3 Å². The van der Waals surface area contributed by atoms with E-state index in [-0.39, 0.29) is 0 Å². The zero-order valence-corrected chi connectivity index (χ0v) is 12.4. The fourth-order valence-corrected chi connectivity index (χ4v) is 3.55. The maximum Gasteiger partial charge on any atom is 0.0834 e. The number of aromatic nitrogens is 2. The molecular formula is C14H24ClN3. The van der Waals surface area contributed by atoms with Crippen LogP contribution in [0, 0.1) is 11.8 Å². The van der Waals surface area contributed by atoms with Gasteiger partial charge in [0.1, 0.15) is 0 Å². The van der Waals surface area contributed by atoms with Gasteiger partial charge in [-0.3, -0.25) is 4.68 Å². The van der Waals surface area contributed by atoms with E-state index in [2.05, 4.69) is 28.9 Å². The molecule has 1 aromatic heterocycles. The second-order valence-corrected chi connectivity index (χ2v) is 5.85. The van der Waals surface area contributed by atoms with E-state index in [1.807, 2.05) is 7.05 Å². The first kappa shape index (κ1) is 13.9. The normalized spacial score (nSPS) is 25.6. The minimum atomic E-state index is 0.337. The predicted molar refractivity (Wildman–Crippen MR) is 75.8 cm³/mol. The van der Waals surface area contributed by atoms with Gasteiger partial charge in [0.05, 0.1) is 23.0 Å². The number of hydrogen-bond acceptors (Lipinski definition) is 2. The van der Waals surface area contributed by atoms with Crippen molar-refractivity contribution in [3.63, 3.8) is 0 Å². The van der Waals surface area contributed by atoms with Gasteiger partial charge in [-0.2, -0.15) is 5.10 Å². The van der Waals surface area contributed by atoms with Crippen LogP contribution in [0.4, 0.5) is 0 Å². The van der Waals surface area contributed by atoms with Crippen LogP contribution in [0.15, 0.2) is 6.20 Å². The summed E-state index contributed by atoms with van der Waals surface area (Å²) in [4.78, 5) is 0. The van der Waals surface area contributed by atoms with Crippen molar-refractivity contribution in [3.05, 3.63) is 16.9 Å². The molecule has 0 radical (unpaired) electrons. The van der Waals surface area contributed by atoms with Crippen LogP contribution in [-0.2, 0) is 6.54 Å². The fourth-order valence-electron chi connectivity index (χ4n) is 3.29. The van der Waals surface area contributed by atoms with Gasteiger partial charge in [0, 0.05) is 6.54 Å². The Labute approximate surface area is 115 Å². The van der Waals surface area contributed by atoms with E-state index in [4.69, 9.17) is 11.6 Å². The molecule has 102 valence electrons. The van der Waals surface area contributed by atoms with Gasteiger partial charge in [-0.25, -0.2) is 0 Å². The van der Waals surface area contributed by atoms with E-state index in [0.29, 0.717) is 12.0 Å². The number of hydrogen-bond donors (Lipinski definition) is 1. The van der Waals surface area contributed by atoms with E-state index in [1.54, 1.807) is 6.20 Å². The molecule has 1 N–H and O–H groups in total. The Bertz CT molecular complexity index is 388. The summed E-state index contributed by atoms with van der Waals surface area (Å²) in [7, 11) is 2.04. The number of nitrogens with zero attached hydrogens (tertiary/aromatic N) is 2. The van der Waals surface area contributed by atoms with Gasteiger partial charge in [-0.05, 0) is 31.7 Å². The van der Waals surface area contributed by atoms with Gasteiger partial charge in [0.15, 0.2) is 0 Å². The summed E-state index contributed by atoms with van der Waals surface area (Å²) < 4.78 is 2.08. The van der Waals surface area contributed by atoms with Crippen molar-refractivity contribution in [2.24, 2.45) is 11.8 Å². The number of halogens is 1. The molecule has 1 fully saturated rings. The quantitative estimate of drug-likeness (QED) is 0.884. The van der Waals surface area contributed by atoms with E-state index in [9.17, 15) is 0 Å². The average Bonchev–Trinajstić information content (AvgIpc) is 2.91. The minimum Gasteiger partial charge on any atom is -0.311 e.